The highest BCUT2D eigenvalue weighted by molar-refractivity contribution is 7.09. The van der Waals surface area contributed by atoms with Gasteiger partial charge < -0.3 is 19.3 Å². The summed E-state index contributed by atoms with van der Waals surface area (Å²) in [6.45, 7) is 8.38. The highest BCUT2D eigenvalue weighted by Gasteiger charge is 2.36. The van der Waals surface area contributed by atoms with E-state index in [1.165, 1.54) is 0 Å². The summed E-state index contributed by atoms with van der Waals surface area (Å²) in [5, 5.41) is 2.95. The number of carbonyl (C=O) groups is 2. The molecule has 2 aliphatic rings. The second-order valence-electron chi connectivity index (χ2n) is 9.48. The van der Waals surface area contributed by atoms with Crippen LogP contribution in [0.2, 0.25) is 0 Å². The number of hydrogen-bond donors (Lipinski definition) is 0. The second-order valence-corrected chi connectivity index (χ2v) is 10.5. The standard InChI is InChI=1S/C25H34N4O4S/c1-17(2)23-10-19(7-9-32-23)25(31)29-13-22(33-15-20-6-4-5-8-26-20)12-28(24(30)14-29)11-21-16-34-18(3)27-21/h4-6,8,16-17,19,22-23H,7,9-15H2,1-3H3/t19-,22+,23-/m0/s1. The molecule has 0 spiro atoms. The normalized spacial score (nSPS) is 23.9. The van der Waals surface area contributed by atoms with E-state index >= 15 is 0 Å². The Morgan fingerprint density at radius 2 is 2.15 bits per heavy atom. The van der Waals surface area contributed by atoms with Crippen LogP contribution in [0.1, 0.15) is 43.1 Å². The molecule has 2 fully saturated rings. The van der Waals surface area contributed by atoms with E-state index in [-0.39, 0.29) is 36.5 Å². The van der Waals surface area contributed by atoms with E-state index in [1.807, 2.05) is 30.5 Å². The van der Waals surface area contributed by atoms with Crippen LogP contribution in [-0.4, -0.2) is 70.0 Å². The summed E-state index contributed by atoms with van der Waals surface area (Å²) in [5.74, 6) is 0.182. The van der Waals surface area contributed by atoms with Crippen LogP contribution >= 0.6 is 11.3 Å². The zero-order valence-corrected chi connectivity index (χ0v) is 21.0. The summed E-state index contributed by atoms with van der Waals surface area (Å²) >= 11 is 1.57. The minimum Gasteiger partial charge on any atom is -0.378 e. The van der Waals surface area contributed by atoms with Gasteiger partial charge in [0, 0.05) is 37.2 Å². The van der Waals surface area contributed by atoms with Crippen LogP contribution < -0.4 is 0 Å². The second kappa shape index (κ2) is 11.4. The van der Waals surface area contributed by atoms with Gasteiger partial charge in [0.25, 0.3) is 0 Å². The molecule has 2 amide bonds. The van der Waals surface area contributed by atoms with Gasteiger partial charge in [-0.3, -0.25) is 14.6 Å². The average molecular weight is 487 g/mol. The average Bonchev–Trinajstić information content (AvgIpc) is 3.18. The number of ether oxygens (including phenoxy) is 2. The summed E-state index contributed by atoms with van der Waals surface area (Å²) in [7, 11) is 0. The molecule has 0 aromatic carbocycles. The van der Waals surface area contributed by atoms with Gasteiger partial charge in [0.15, 0.2) is 0 Å². The first-order valence-corrected chi connectivity index (χ1v) is 12.9. The zero-order valence-electron chi connectivity index (χ0n) is 20.2. The predicted molar refractivity (Wildman–Crippen MR) is 129 cm³/mol. The smallest absolute Gasteiger partial charge is 0.242 e. The fourth-order valence-corrected chi connectivity index (χ4v) is 5.15. The van der Waals surface area contributed by atoms with Crippen LogP contribution in [0.25, 0.3) is 0 Å². The van der Waals surface area contributed by atoms with Crippen molar-refractivity contribution in [3.8, 4) is 0 Å². The molecule has 0 radical (unpaired) electrons. The minimum atomic E-state index is -0.308. The Labute approximate surface area is 205 Å². The van der Waals surface area contributed by atoms with Gasteiger partial charge in [0.1, 0.15) is 0 Å². The molecule has 2 aliphatic heterocycles. The SMILES string of the molecule is Cc1nc(CN2C[C@@H](OCc3ccccn3)CN(C(=O)[C@H]3CCO[C@H](C(C)C)C3)CC2=O)cs1. The van der Waals surface area contributed by atoms with Crippen molar-refractivity contribution in [1.82, 2.24) is 19.8 Å². The largest absolute Gasteiger partial charge is 0.378 e. The molecule has 0 aliphatic carbocycles. The Balaban J connectivity index is 1.48. The molecule has 184 valence electrons. The van der Waals surface area contributed by atoms with Crippen molar-refractivity contribution in [3.05, 3.63) is 46.2 Å². The van der Waals surface area contributed by atoms with Crippen LogP contribution in [-0.2, 0) is 32.2 Å². The number of carbonyl (C=O) groups excluding carboxylic acids is 2. The Bertz CT molecular complexity index is 967. The van der Waals surface area contributed by atoms with E-state index in [2.05, 4.69) is 23.8 Å². The van der Waals surface area contributed by atoms with Gasteiger partial charge >= 0.3 is 0 Å². The van der Waals surface area contributed by atoms with E-state index in [0.29, 0.717) is 51.6 Å². The van der Waals surface area contributed by atoms with E-state index in [0.717, 1.165) is 16.4 Å². The summed E-state index contributed by atoms with van der Waals surface area (Å²) in [5.41, 5.74) is 1.69. The Morgan fingerprint density at radius 1 is 1.29 bits per heavy atom. The fourth-order valence-electron chi connectivity index (χ4n) is 4.54. The first-order valence-electron chi connectivity index (χ1n) is 12.0. The van der Waals surface area contributed by atoms with E-state index < -0.39 is 0 Å². The van der Waals surface area contributed by atoms with Gasteiger partial charge in [-0.25, -0.2) is 4.98 Å². The van der Waals surface area contributed by atoms with Gasteiger partial charge in [0.05, 0.1) is 48.3 Å². The molecule has 4 heterocycles. The number of hydrogen-bond acceptors (Lipinski definition) is 7. The predicted octanol–water partition coefficient (Wildman–Crippen LogP) is 3.05. The Hall–Kier alpha value is -2.36. The van der Waals surface area contributed by atoms with Gasteiger partial charge in [-0.15, -0.1) is 11.3 Å². The highest BCUT2D eigenvalue weighted by atomic mass is 32.1. The molecule has 0 saturated carbocycles. The first kappa shape index (κ1) is 24.8. The third-order valence-electron chi connectivity index (χ3n) is 6.46. The van der Waals surface area contributed by atoms with Crippen LogP contribution in [0.15, 0.2) is 29.8 Å². The molecule has 2 aromatic rings. The van der Waals surface area contributed by atoms with Crippen molar-refractivity contribution in [3.63, 3.8) is 0 Å². The summed E-state index contributed by atoms with van der Waals surface area (Å²) in [6.07, 6.45) is 2.89. The van der Waals surface area contributed by atoms with Crippen molar-refractivity contribution in [1.29, 1.82) is 0 Å². The molecular weight excluding hydrogens is 452 g/mol. The molecule has 9 heteroatoms. The number of amides is 2. The number of thiazole rings is 1. The zero-order chi connectivity index (χ0) is 24.1. The van der Waals surface area contributed by atoms with Crippen molar-refractivity contribution in [2.45, 2.75) is 59.0 Å². The number of nitrogens with zero attached hydrogens (tertiary/aromatic N) is 4. The molecule has 0 N–H and O–H groups in total. The molecular formula is C25H34N4O4S. The highest BCUT2D eigenvalue weighted by Crippen LogP contribution is 2.27. The molecule has 8 nitrogen and oxygen atoms in total. The maximum absolute atomic E-state index is 13.5. The van der Waals surface area contributed by atoms with Gasteiger partial charge in [-0.2, -0.15) is 0 Å². The molecule has 0 bridgehead atoms. The topological polar surface area (TPSA) is 84.9 Å². The maximum Gasteiger partial charge on any atom is 0.242 e. The lowest BCUT2D eigenvalue weighted by Crippen LogP contribution is -2.45. The van der Waals surface area contributed by atoms with E-state index in [9.17, 15) is 9.59 Å². The number of aromatic nitrogens is 2. The van der Waals surface area contributed by atoms with Crippen LogP contribution in [0.4, 0.5) is 0 Å². The monoisotopic (exact) mass is 486 g/mol. The number of rotatable bonds is 7. The molecule has 2 aromatic heterocycles. The van der Waals surface area contributed by atoms with E-state index in [4.69, 9.17) is 9.47 Å². The maximum atomic E-state index is 13.5. The lowest BCUT2D eigenvalue weighted by molar-refractivity contribution is -0.146. The van der Waals surface area contributed by atoms with Gasteiger partial charge in [-0.05, 0) is 37.8 Å². The fraction of sp³-hybridized carbons (Fsp3) is 0.600. The lowest BCUT2D eigenvalue weighted by Gasteiger charge is -2.34. The first-order chi connectivity index (χ1) is 16.4. The summed E-state index contributed by atoms with van der Waals surface area (Å²) < 4.78 is 12.1. The molecule has 0 unspecified atom stereocenters. The summed E-state index contributed by atoms with van der Waals surface area (Å²) in [4.78, 5) is 39.1. The van der Waals surface area contributed by atoms with Crippen LogP contribution in [0, 0.1) is 18.8 Å². The van der Waals surface area contributed by atoms with Crippen LogP contribution in [0.5, 0.6) is 0 Å². The van der Waals surface area contributed by atoms with Crippen LogP contribution in [0.3, 0.4) is 0 Å². The molecule has 2 saturated heterocycles. The molecule has 3 atom stereocenters. The van der Waals surface area contributed by atoms with Gasteiger partial charge in [-0.1, -0.05) is 19.9 Å². The van der Waals surface area contributed by atoms with E-state index in [1.54, 1.807) is 27.3 Å². The van der Waals surface area contributed by atoms with Crippen molar-refractivity contribution in [2.24, 2.45) is 11.8 Å². The Kier molecular flexibility index (Phi) is 8.28. The third-order valence-corrected chi connectivity index (χ3v) is 7.28. The van der Waals surface area contributed by atoms with Gasteiger partial charge in [0.2, 0.25) is 11.8 Å². The number of pyridine rings is 1. The lowest BCUT2D eigenvalue weighted by atomic mass is 9.89. The Morgan fingerprint density at radius 3 is 2.85 bits per heavy atom. The summed E-state index contributed by atoms with van der Waals surface area (Å²) in [6, 6.07) is 5.70. The van der Waals surface area contributed by atoms with Crippen molar-refractivity contribution in [2.75, 3.05) is 26.2 Å². The van der Waals surface area contributed by atoms with Crippen molar-refractivity contribution < 1.29 is 19.1 Å². The quantitative estimate of drug-likeness (QED) is 0.598. The minimum absolute atomic E-state index is 0.0279. The molecule has 34 heavy (non-hydrogen) atoms. The third kappa shape index (κ3) is 6.40. The number of aryl methyl sites for hydroxylation is 1. The van der Waals surface area contributed by atoms with Crippen molar-refractivity contribution >= 4 is 23.2 Å². The molecule has 4 rings (SSSR count).